The Morgan fingerprint density at radius 2 is 2.21 bits per heavy atom. The molecule has 3 aromatic heterocycles. The smallest absolute Gasteiger partial charge is 0.407 e. The van der Waals surface area contributed by atoms with E-state index in [4.69, 9.17) is 4.74 Å². The lowest BCUT2D eigenvalue weighted by molar-refractivity contribution is 0.132. The number of methoxy groups -OCH3 is 1. The molecular weight excluding hydrogens is 367 g/mol. The maximum Gasteiger partial charge on any atom is 0.407 e. The fourth-order valence-electron chi connectivity index (χ4n) is 3.33. The largest absolute Gasteiger partial charge is 0.491 e. The molecular formula is C18H19FN6O3. The number of pyridine rings is 1. The average molecular weight is 386 g/mol. The number of carbonyl (C=O) groups is 1. The van der Waals surface area contributed by atoms with Crippen molar-refractivity contribution in [3.8, 4) is 17.3 Å². The van der Waals surface area contributed by atoms with Crippen molar-refractivity contribution in [1.29, 1.82) is 0 Å². The minimum absolute atomic E-state index is 0.0962. The van der Waals surface area contributed by atoms with Crippen molar-refractivity contribution >= 4 is 17.6 Å². The van der Waals surface area contributed by atoms with E-state index < -0.39 is 11.9 Å². The normalized spacial score (nSPS) is 16.9. The van der Waals surface area contributed by atoms with Crippen molar-refractivity contribution in [1.82, 2.24) is 24.3 Å². The molecule has 0 bridgehead atoms. The van der Waals surface area contributed by atoms with Gasteiger partial charge in [-0.05, 0) is 25.0 Å². The van der Waals surface area contributed by atoms with Gasteiger partial charge in [-0.15, -0.1) is 0 Å². The van der Waals surface area contributed by atoms with Gasteiger partial charge in [0, 0.05) is 25.3 Å². The van der Waals surface area contributed by atoms with E-state index in [1.807, 2.05) is 0 Å². The van der Waals surface area contributed by atoms with Gasteiger partial charge in [0.2, 0.25) is 0 Å². The van der Waals surface area contributed by atoms with E-state index in [-0.39, 0.29) is 6.04 Å². The fourth-order valence-corrected chi connectivity index (χ4v) is 3.33. The number of ether oxygens (including phenoxy) is 1. The summed E-state index contributed by atoms with van der Waals surface area (Å²) in [5.41, 5.74) is 1.12. The summed E-state index contributed by atoms with van der Waals surface area (Å²) < 4.78 is 20.6. The van der Waals surface area contributed by atoms with Gasteiger partial charge >= 0.3 is 6.09 Å². The second-order valence-corrected chi connectivity index (χ2v) is 6.54. The molecule has 9 nitrogen and oxygen atoms in total. The zero-order chi connectivity index (χ0) is 19.7. The van der Waals surface area contributed by atoms with Crippen LogP contribution in [0.4, 0.5) is 15.0 Å². The molecule has 0 aliphatic carbocycles. The molecule has 28 heavy (non-hydrogen) atoms. The summed E-state index contributed by atoms with van der Waals surface area (Å²) in [6.07, 6.45) is 5.07. The van der Waals surface area contributed by atoms with Crippen molar-refractivity contribution in [3.05, 3.63) is 36.5 Å². The van der Waals surface area contributed by atoms with Crippen LogP contribution in [-0.4, -0.2) is 61.7 Å². The number of fused-ring (bicyclic) bond motifs is 1. The molecule has 2 N–H and O–H groups in total. The Balaban J connectivity index is 1.66. The molecule has 1 aliphatic heterocycles. The van der Waals surface area contributed by atoms with E-state index in [1.165, 1.54) is 30.5 Å². The van der Waals surface area contributed by atoms with Crippen molar-refractivity contribution in [2.45, 2.75) is 18.9 Å². The molecule has 10 heteroatoms. The molecule has 146 valence electrons. The zero-order valence-electron chi connectivity index (χ0n) is 15.2. The predicted octanol–water partition coefficient (Wildman–Crippen LogP) is 2.49. The molecule has 1 fully saturated rings. The van der Waals surface area contributed by atoms with Crippen LogP contribution in [0.15, 0.2) is 30.7 Å². The summed E-state index contributed by atoms with van der Waals surface area (Å²) in [6.45, 7) is 0.881. The van der Waals surface area contributed by atoms with E-state index in [0.29, 0.717) is 41.8 Å². The van der Waals surface area contributed by atoms with Crippen molar-refractivity contribution < 1.29 is 19.0 Å². The van der Waals surface area contributed by atoms with Gasteiger partial charge in [0.25, 0.3) is 0 Å². The Morgan fingerprint density at radius 3 is 3.00 bits per heavy atom. The molecule has 1 amide bonds. The Kier molecular flexibility index (Phi) is 4.68. The molecule has 0 saturated carbocycles. The Labute approximate surface area is 159 Å². The fraction of sp³-hybridized carbons (Fsp3) is 0.333. The molecule has 1 aliphatic rings. The maximum atomic E-state index is 13.6. The summed E-state index contributed by atoms with van der Waals surface area (Å²) in [5.74, 6) is 0.856. The Morgan fingerprint density at radius 1 is 1.36 bits per heavy atom. The van der Waals surface area contributed by atoms with Crippen LogP contribution < -0.4 is 10.1 Å². The number of halogens is 1. The van der Waals surface area contributed by atoms with Gasteiger partial charge < -0.3 is 20.1 Å². The van der Waals surface area contributed by atoms with Crippen LogP contribution in [0.5, 0.6) is 5.75 Å². The molecule has 1 atom stereocenters. The molecule has 0 radical (unpaired) electrons. The van der Waals surface area contributed by atoms with Gasteiger partial charge in [-0.25, -0.2) is 24.1 Å². The lowest BCUT2D eigenvalue weighted by Crippen LogP contribution is -2.44. The third-order valence-corrected chi connectivity index (χ3v) is 4.71. The van der Waals surface area contributed by atoms with Gasteiger partial charge in [0.15, 0.2) is 17.4 Å². The number of hydrogen-bond donors (Lipinski definition) is 2. The van der Waals surface area contributed by atoms with Crippen LogP contribution in [-0.2, 0) is 0 Å². The van der Waals surface area contributed by atoms with Crippen LogP contribution >= 0.6 is 0 Å². The van der Waals surface area contributed by atoms with E-state index in [1.54, 1.807) is 16.7 Å². The zero-order valence-corrected chi connectivity index (χ0v) is 15.2. The quantitative estimate of drug-likeness (QED) is 0.710. The second-order valence-electron chi connectivity index (χ2n) is 6.54. The maximum absolute atomic E-state index is 13.6. The number of aromatic nitrogens is 4. The summed E-state index contributed by atoms with van der Waals surface area (Å²) in [4.78, 5) is 25.7. The number of nitrogens with zero attached hydrogens (tertiary/aromatic N) is 5. The first-order valence-corrected chi connectivity index (χ1v) is 8.83. The molecule has 1 saturated heterocycles. The van der Waals surface area contributed by atoms with Crippen LogP contribution in [0.2, 0.25) is 0 Å². The van der Waals surface area contributed by atoms with Crippen LogP contribution in [0.25, 0.3) is 17.2 Å². The third kappa shape index (κ3) is 3.40. The number of likely N-dealkylation sites (tertiary alicyclic amines) is 1. The van der Waals surface area contributed by atoms with Gasteiger partial charge in [-0.2, -0.15) is 0 Å². The number of hydrogen-bond acceptors (Lipinski definition) is 6. The average Bonchev–Trinajstić information content (AvgIpc) is 3.11. The van der Waals surface area contributed by atoms with Gasteiger partial charge in [0.05, 0.1) is 19.5 Å². The van der Waals surface area contributed by atoms with Gasteiger partial charge in [-0.3, -0.25) is 4.40 Å². The predicted molar refractivity (Wildman–Crippen MR) is 99.0 cm³/mol. The number of rotatable bonds is 4. The Hall–Kier alpha value is -3.43. The number of imidazole rings is 1. The van der Waals surface area contributed by atoms with E-state index >= 15 is 0 Å². The molecule has 4 rings (SSSR count). The highest BCUT2D eigenvalue weighted by Crippen LogP contribution is 2.27. The molecule has 1 unspecified atom stereocenters. The first-order valence-electron chi connectivity index (χ1n) is 8.83. The first-order chi connectivity index (χ1) is 13.5. The Bertz CT molecular complexity index is 1020. The second kappa shape index (κ2) is 7.29. The number of anilines is 1. The number of carboxylic acid groups (broad SMARTS) is 1. The standard InChI is InChI=1S/C18H19FN6O3/c1-28-14-8-21-16(13-7-20-15-5-4-11(19)9-25(13)15)23-17(14)22-12-3-2-6-24(10-12)18(26)27/h4-5,7-9,12H,2-3,6,10H2,1H3,(H,26,27)(H,21,22,23). The molecule has 0 spiro atoms. The van der Waals surface area contributed by atoms with Gasteiger partial charge in [0.1, 0.15) is 17.2 Å². The lowest BCUT2D eigenvalue weighted by atomic mass is 10.1. The topological polar surface area (TPSA) is 105 Å². The van der Waals surface area contributed by atoms with Crippen molar-refractivity contribution in [3.63, 3.8) is 0 Å². The minimum atomic E-state index is -0.936. The SMILES string of the molecule is COc1cnc(-c2cnc3ccc(F)cn23)nc1NC1CCCN(C(=O)O)C1. The monoisotopic (exact) mass is 386 g/mol. The number of nitrogens with one attached hydrogen (secondary N) is 1. The molecule has 3 aromatic rings. The first kappa shape index (κ1) is 18.0. The highest BCUT2D eigenvalue weighted by atomic mass is 19.1. The lowest BCUT2D eigenvalue weighted by Gasteiger charge is -2.31. The number of amides is 1. The third-order valence-electron chi connectivity index (χ3n) is 4.71. The van der Waals surface area contributed by atoms with Crippen LogP contribution in [0.3, 0.4) is 0 Å². The van der Waals surface area contributed by atoms with Crippen LogP contribution in [0, 0.1) is 5.82 Å². The summed E-state index contributed by atoms with van der Waals surface area (Å²) in [5, 5.41) is 12.5. The molecule has 0 aromatic carbocycles. The molecule has 4 heterocycles. The minimum Gasteiger partial charge on any atom is -0.491 e. The van der Waals surface area contributed by atoms with E-state index in [9.17, 15) is 14.3 Å². The van der Waals surface area contributed by atoms with E-state index in [0.717, 1.165) is 12.8 Å². The number of piperidine rings is 1. The highest BCUT2D eigenvalue weighted by Gasteiger charge is 2.24. The van der Waals surface area contributed by atoms with E-state index in [2.05, 4.69) is 20.3 Å². The highest BCUT2D eigenvalue weighted by molar-refractivity contribution is 5.65. The van der Waals surface area contributed by atoms with Crippen molar-refractivity contribution in [2.24, 2.45) is 0 Å². The van der Waals surface area contributed by atoms with Crippen LogP contribution in [0.1, 0.15) is 12.8 Å². The summed E-state index contributed by atoms with van der Waals surface area (Å²) in [7, 11) is 1.51. The summed E-state index contributed by atoms with van der Waals surface area (Å²) >= 11 is 0. The van der Waals surface area contributed by atoms with Crippen molar-refractivity contribution in [2.75, 3.05) is 25.5 Å². The summed E-state index contributed by atoms with van der Waals surface area (Å²) in [6, 6.07) is 2.82. The van der Waals surface area contributed by atoms with Gasteiger partial charge in [-0.1, -0.05) is 0 Å².